The van der Waals surface area contributed by atoms with Crippen LogP contribution in [-0.4, -0.2) is 12.1 Å². The van der Waals surface area contributed by atoms with Crippen LogP contribution < -0.4 is 21.1 Å². The minimum absolute atomic E-state index is 0.0773. The van der Waals surface area contributed by atoms with Crippen LogP contribution in [0.5, 0.6) is 0 Å². The van der Waals surface area contributed by atoms with Gasteiger partial charge in [0.15, 0.2) is 0 Å². The van der Waals surface area contributed by atoms with Gasteiger partial charge in [-0.05, 0) is 53.3 Å². The third-order valence-corrected chi connectivity index (χ3v) is 3.81. The maximum atomic E-state index is 11.8. The molecule has 1 unspecified atom stereocenters. The summed E-state index contributed by atoms with van der Waals surface area (Å²) in [6.07, 6.45) is 7.20. The molecule has 1 aromatic rings. The topological polar surface area (TPSA) is 41.1 Å². The number of fused-ring (bicyclic) bond motifs is 1. The summed E-state index contributed by atoms with van der Waals surface area (Å²) in [5.41, 5.74) is 1.37. The Kier molecular flexibility index (Phi) is 3.51. The molecule has 1 aliphatic heterocycles. The van der Waals surface area contributed by atoms with Gasteiger partial charge < -0.3 is 10.6 Å². The van der Waals surface area contributed by atoms with Gasteiger partial charge in [-0.25, -0.2) is 0 Å². The highest BCUT2D eigenvalue weighted by molar-refractivity contribution is 5.82. The van der Waals surface area contributed by atoms with E-state index in [4.69, 9.17) is 0 Å². The van der Waals surface area contributed by atoms with Gasteiger partial charge in [-0.1, -0.05) is 26.0 Å². The highest BCUT2D eigenvalue weighted by Crippen LogP contribution is 2.28. The van der Waals surface area contributed by atoms with Crippen LogP contribution in [0, 0.1) is 11.8 Å². The maximum absolute atomic E-state index is 11.8. The van der Waals surface area contributed by atoms with Crippen LogP contribution in [0.3, 0.4) is 0 Å². The molecule has 0 spiro atoms. The van der Waals surface area contributed by atoms with Gasteiger partial charge in [0.2, 0.25) is 5.91 Å². The quantitative estimate of drug-likeness (QED) is 0.852. The van der Waals surface area contributed by atoms with E-state index in [2.05, 4.69) is 48.8 Å². The van der Waals surface area contributed by atoms with Crippen molar-refractivity contribution >= 4 is 18.2 Å². The van der Waals surface area contributed by atoms with Crippen LogP contribution in [0.2, 0.25) is 0 Å². The molecule has 1 aromatic carbocycles. The van der Waals surface area contributed by atoms with E-state index >= 15 is 0 Å². The van der Waals surface area contributed by atoms with Crippen LogP contribution >= 0.6 is 0 Å². The second-order valence-electron chi connectivity index (χ2n) is 6.30. The third-order valence-electron chi connectivity index (χ3n) is 3.81. The molecule has 3 rings (SSSR count). The third kappa shape index (κ3) is 3.03. The average molecular weight is 270 g/mol. The number of hydrogen-bond donors (Lipinski definition) is 2. The Hall–Kier alpha value is -1.77. The fourth-order valence-electron chi connectivity index (χ4n) is 2.61. The van der Waals surface area contributed by atoms with E-state index in [1.54, 1.807) is 0 Å². The highest BCUT2D eigenvalue weighted by Gasteiger charge is 2.30. The van der Waals surface area contributed by atoms with Gasteiger partial charge >= 0.3 is 0 Å². The molecule has 0 saturated heterocycles. The predicted octanol–water partition coefficient (Wildman–Crippen LogP) is 0.859. The van der Waals surface area contributed by atoms with Crippen molar-refractivity contribution in [3.05, 3.63) is 34.2 Å². The number of carbonyl (C=O) groups is 1. The Morgan fingerprint density at radius 2 is 2.15 bits per heavy atom. The van der Waals surface area contributed by atoms with Crippen LogP contribution in [0.25, 0.3) is 12.3 Å². The number of carbonyl (C=O) groups excluding carboxylic acids is 1. The van der Waals surface area contributed by atoms with Crippen molar-refractivity contribution < 1.29 is 4.79 Å². The van der Waals surface area contributed by atoms with Gasteiger partial charge in [-0.15, -0.1) is 0 Å². The molecule has 0 bridgehead atoms. The van der Waals surface area contributed by atoms with Crippen LogP contribution in [0.15, 0.2) is 18.2 Å². The van der Waals surface area contributed by atoms with Crippen molar-refractivity contribution in [1.29, 1.82) is 0 Å². The first-order chi connectivity index (χ1) is 9.61. The van der Waals surface area contributed by atoms with Gasteiger partial charge in [0.1, 0.15) is 6.17 Å². The summed E-state index contributed by atoms with van der Waals surface area (Å²) in [5.74, 6) is 1.09. The molecule has 0 aromatic heterocycles. The summed E-state index contributed by atoms with van der Waals surface area (Å²) in [4.78, 5) is 11.8. The van der Waals surface area contributed by atoms with Gasteiger partial charge in [-0.3, -0.25) is 4.79 Å². The van der Waals surface area contributed by atoms with E-state index in [9.17, 15) is 4.79 Å². The molecule has 1 aliphatic carbocycles. The van der Waals surface area contributed by atoms with E-state index in [0.717, 1.165) is 19.3 Å². The molecule has 20 heavy (non-hydrogen) atoms. The average Bonchev–Trinajstić information content (AvgIpc) is 3.22. The standard InChI is InChI=1S/C17H22N2O/c1-11(2)7-12-3-4-14-9-16(18-10-15(14)8-12)19-17(20)13-5-6-13/h3-4,8-11,13,16,18H,5-7H2,1-2H3,(H,19,20). The van der Waals surface area contributed by atoms with Crippen molar-refractivity contribution in [2.75, 3.05) is 0 Å². The summed E-state index contributed by atoms with van der Waals surface area (Å²) >= 11 is 0. The van der Waals surface area contributed by atoms with E-state index < -0.39 is 0 Å². The first-order valence-electron chi connectivity index (χ1n) is 7.49. The van der Waals surface area contributed by atoms with E-state index in [-0.39, 0.29) is 18.0 Å². The van der Waals surface area contributed by atoms with Crippen molar-refractivity contribution in [1.82, 2.24) is 10.6 Å². The molecule has 1 saturated carbocycles. The minimum atomic E-state index is -0.0773. The van der Waals surface area contributed by atoms with Crippen molar-refractivity contribution in [3.63, 3.8) is 0 Å². The van der Waals surface area contributed by atoms with E-state index in [0.29, 0.717) is 5.92 Å². The Bertz CT molecular complexity index is 629. The maximum Gasteiger partial charge on any atom is 0.224 e. The second-order valence-corrected chi connectivity index (χ2v) is 6.30. The lowest BCUT2D eigenvalue weighted by atomic mass is 10.0. The summed E-state index contributed by atoms with van der Waals surface area (Å²) in [5, 5.41) is 8.69. The molecule has 0 radical (unpaired) electrons. The zero-order chi connectivity index (χ0) is 14.1. The molecule has 3 heteroatoms. The molecule has 2 aliphatic rings. The number of amides is 1. The van der Waals surface area contributed by atoms with Crippen molar-refractivity contribution in [2.24, 2.45) is 11.8 Å². The number of nitrogens with one attached hydrogen (secondary N) is 2. The predicted molar refractivity (Wildman–Crippen MR) is 81.0 cm³/mol. The molecular formula is C17H22N2O. The molecule has 3 nitrogen and oxygen atoms in total. The highest BCUT2D eigenvalue weighted by atomic mass is 16.2. The first-order valence-corrected chi connectivity index (χ1v) is 7.49. The number of benzene rings is 1. The lowest BCUT2D eigenvalue weighted by Crippen LogP contribution is -2.48. The van der Waals surface area contributed by atoms with Crippen LogP contribution in [-0.2, 0) is 11.2 Å². The molecule has 106 valence electrons. The smallest absolute Gasteiger partial charge is 0.224 e. The van der Waals surface area contributed by atoms with Gasteiger partial charge in [0.25, 0.3) is 0 Å². The summed E-state index contributed by atoms with van der Waals surface area (Å²) in [6.45, 7) is 4.47. The minimum Gasteiger partial charge on any atom is -0.368 e. The largest absolute Gasteiger partial charge is 0.368 e. The lowest BCUT2D eigenvalue weighted by Gasteiger charge is -2.18. The molecule has 1 amide bonds. The fourth-order valence-corrected chi connectivity index (χ4v) is 2.61. The second kappa shape index (κ2) is 5.31. The Labute approximate surface area is 119 Å². The zero-order valence-electron chi connectivity index (χ0n) is 12.1. The van der Waals surface area contributed by atoms with Crippen LogP contribution in [0.1, 0.15) is 32.3 Å². The molecule has 1 atom stereocenters. The number of hydrogen-bond acceptors (Lipinski definition) is 2. The Morgan fingerprint density at radius 3 is 2.85 bits per heavy atom. The Morgan fingerprint density at radius 1 is 1.35 bits per heavy atom. The zero-order valence-corrected chi connectivity index (χ0v) is 12.1. The van der Waals surface area contributed by atoms with E-state index in [1.807, 2.05) is 6.20 Å². The van der Waals surface area contributed by atoms with E-state index in [1.165, 1.54) is 16.0 Å². The first kappa shape index (κ1) is 13.2. The SMILES string of the molecule is CC(C)Cc1ccc2c(c1)=CNC(NC(=O)C1CC1)C=2. The summed E-state index contributed by atoms with van der Waals surface area (Å²) < 4.78 is 0. The van der Waals surface area contributed by atoms with Crippen molar-refractivity contribution in [2.45, 2.75) is 39.3 Å². The van der Waals surface area contributed by atoms with Gasteiger partial charge in [-0.2, -0.15) is 0 Å². The summed E-state index contributed by atoms with van der Waals surface area (Å²) in [6, 6.07) is 6.58. The monoisotopic (exact) mass is 270 g/mol. The molecule has 2 N–H and O–H groups in total. The molecule has 1 heterocycles. The van der Waals surface area contributed by atoms with Crippen LogP contribution in [0.4, 0.5) is 0 Å². The normalized spacial score (nSPS) is 20.4. The Balaban J connectivity index is 1.76. The molecular weight excluding hydrogens is 248 g/mol. The fraction of sp³-hybridized carbons (Fsp3) is 0.471. The molecule has 1 fully saturated rings. The van der Waals surface area contributed by atoms with Gasteiger partial charge in [0, 0.05) is 12.1 Å². The lowest BCUT2D eigenvalue weighted by molar-refractivity contribution is -0.122. The summed E-state index contributed by atoms with van der Waals surface area (Å²) in [7, 11) is 0. The van der Waals surface area contributed by atoms with Gasteiger partial charge in [0.05, 0.1) is 0 Å². The number of rotatable bonds is 4. The van der Waals surface area contributed by atoms with Crippen molar-refractivity contribution in [3.8, 4) is 0 Å².